The molecule has 0 fully saturated rings. The van der Waals surface area contributed by atoms with E-state index in [1.54, 1.807) is 18.3 Å². The number of ether oxygens (including phenoxy) is 1. The molecule has 0 radical (unpaired) electrons. The van der Waals surface area contributed by atoms with E-state index in [-0.39, 0.29) is 18.5 Å². The van der Waals surface area contributed by atoms with Gasteiger partial charge in [0.05, 0.1) is 6.20 Å². The van der Waals surface area contributed by atoms with Gasteiger partial charge < -0.3 is 10.5 Å². The molecule has 0 bridgehead atoms. The molecule has 3 nitrogen and oxygen atoms in total. The lowest BCUT2D eigenvalue weighted by Crippen LogP contribution is -2.21. The monoisotopic (exact) mass is 352 g/mol. The second-order valence-corrected chi connectivity index (χ2v) is 5.80. The molecule has 1 unspecified atom stereocenters. The van der Waals surface area contributed by atoms with Crippen LogP contribution in [-0.2, 0) is 13.0 Å². The van der Waals surface area contributed by atoms with Crippen LogP contribution in [0.4, 0.5) is 4.39 Å². The highest BCUT2D eigenvalue weighted by Crippen LogP contribution is 2.18. The highest BCUT2D eigenvalue weighted by atomic mass is 79.9. The highest BCUT2D eigenvalue weighted by molar-refractivity contribution is 9.10. The second-order valence-electron chi connectivity index (χ2n) is 4.88. The van der Waals surface area contributed by atoms with Gasteiger partial charge in [-0.3, -0.25) is 4.98 Å². The third-order valence-corrected chi connectivity index (χ3v) is 3.70. The molecular weight excluding hydrogens is 335 g/mol. The normalized spacial score (nSPS) is 12.2. The number of nitrogens with zero attached hydrogens (tertiary/aromatic N) is 1. The molecule has 2 rings (SSSR count). The SMILES string of the molecule is CCC(N)Cc1ccc(OCc2ccc(Br)cc2F)cn1. The maximum atomic E-state index is 13.7. The van der Waals surface area contributed by atoms with Crippen molar-refractivity contribution in [2.45, 2.75) is 32.4 Å². The van der Waals surface area contributed by atoms with Crippen molar-refractivity contribution in [1.29, 1.82) is 0 Å². The summed E-state index contributed by atoms with van der Waals surface area (Å²) in [6, 6.07) is 8.76. The van der Waals surface area contributed by atoms with Crippen LogP contribution in [0.2, 0.25) is 0 Å². The molecule has 1 heterocycles. The Balaban J connectivity index is 1.94. The van der Waals surface area contributed by atoms with E-state index < -0.39 is 0 Å². The van der Waals surface area contributed by atoms with Crippen LogP contribution in [0.5, 0.6) is 5.75 Å². The van der Waals surface area contributed by atoms with Gasteiger partial charge in [-0.2, -0.15) is 0 Å². The van der Waals surface area contributed by atoms with Gasteiger partial charge in [-0.05, 0) is 30.7 Å². The van der Waals surface area contributed by atoms with Gasteiger partial charge in [0.25, 0.3) is 0 Å². The summed E-state index contributed by atoms with van der Waals surface area (Å²) in [4.78, 5) is 4.31. The molecule has 0 spiro atoms. The minimum atomic E-state index is -0.289. The van der Waals surface area contributed by atoms with E-state index in [0.29, 0.717) is 15.8 Å². The lowest BCUT2D eigenvalue weighted by atomic mass is 10.1. The molecule has 2 N–H and O–H groups in total. The van der Waals surface area contributed by atoms with Crippen LogP contribution < -0.4 is 10.5 Å². The van der Waals surface area contributed by atoms with Gasteiger partial charge in [-0.1, -0.05) is 28.9 Å². The van der Waals surface area contributed by atoms with E-state index in [4.69, 9.17) is 10.5 Å². The van der Waals surface area contributed by atoms with Crippen LogP contribution in [0.25, 0.3) is 0 Å². The van der Waals surface area contributed by atoms with Crippen molar-refractivity contribution in [2.75, 3.05) is 0 Å². The van der Waals surface area contributed by atoms with Gasteiger partial charge in [-0.25, -0.2) is 4.39 Å². The number of rotatable bonds is 6. The topological polar surface area (TPSA) is 48.1 Å². The summed E-state index contributed by atoms with van der Waals surface area (Å²) >= 11 is 3.22. The number of halogens is 2. The molecule has 0 aliphatic rings. The summed E-state index contributed by atoms with van der Waals surface area (Å²) in [6.45, 7) is 2.23. The fraction of sp³-hybridized carbons (Fsp3) is 0.312. The average Bonchev–Trinajstić information content (AvgIpc) is 2.48. The number of hydrogen-bond acceptors (Lipinski definition) is 3. The summed E-state index contributed by atoms with van der Waals surface area (Å²) in [5.74, 6) is 0.328. The summed E-state index contributed by atoms with van der Waals surface area (Å²) < 4.78 is 19.9. The average molecular weight is 353 g/mol. The molecule has 0 saturated carbocycles. The predicted octanol–water partition coefficient (Wildman–Crippen LogP) is 3.84. The molecule has 0 saturated heterocycles. The summed E-state index contributed by atoms with van der Waals surface area (Å²) in [5.41, 5.74) is 7.34. The Morgan fingerprint density at radius 2 is 2.14 bits per heavy atom. The van der Waals surface area contributed by atoms with Crippen molar-refractivity contribution in [2.24, 2.45) is 5.73 Å². The van der Waals surface area contributed by atoms with Gasteiger partial charge >= 0.3 is 0 Å². The summed E-state index contributed by atoms with van der Waals surface area (Å²) in [7, 11) is 0. The molecule has 112 valence electrons. The smallest absolute Gasteiger partial charge is 0.138 e. The number of benzene rings is 1. The molecular formula is C16H18BrFN2O. The van der Waals surface area contributed by atoms with Crippen LogP contribution in [0.1, 0.15) is 24.6 Å². The van der Waals surface area contributed by atoms with Gasteiger partial charge in [0.2, 0.25) is 0 Å². The quantitative estimate of drug-likeness (QED) is 0.858. The molecule has 1 atom stereocenters. The van der Waals surface area contributed by atoms with Crippen LogP contribution in [-0.4, -0.2) is 11.0 Å². The lowest BCUT2D eigenvalue weighted by Gasteiger charge is -2.10. The Kier molecular flexibility index (Phi) is 5.70. The highest BCUT2D eigenvalue weighted by Gasteiger charge is 2.05. The molecule has 0 amide bonds. The summed E-state index contributed by atoms with van der Waals surface area (Å²) in [6.07, 6.45) is 3.31. The standard InChI is InChI=1S/C16H18BrFN2O/c1-2-13(19)8-14-5-6-15(9-20-14)21-10-11-3-4-12(17)7-16(11)18/h3-7,9,13H,2,8,10,19H2,1H3. The molecule has 2 aromatic rings. The number of hydrogen-bond donors (Lipinski definition) is 1. The predicted molar refractivity (Wildman–Crippen MR) is 84.6 cm³/mol. The van der Waals surface area contributed by atoms with E-state index in [2.05, 4.69) is 27.8 Å². The lowest BCUT2D eigenvalue weighted by molar-refractivity contribution is 0.298. The van der Waals surface area contributed by atoms with Gasteiger partial charge in [-0.15, -0.1) is 0 Å². The number of aromatic nitrogens is 1. The first-order chi connectivity index (χ1) is 10.1. The third kappa shape index (κ3) is 4.79. The minimum absolute atomic E-state index is 0.126. The first kappa shape index (κ1) is 15.9. The number of pyridine rings is 1. The van der Waals surface area contributed by atoms with Gasteiger partial charge in [0, 0.05) is 28.2 Å². The zero-order valence-corrected chi connectivity index (χ0v) is 13.4. The van der Waals surface area contributed by atoms with E-state index >= 15 is 0 Å². The van der Waals surface area contributed by atoms with Gasteiger partial charge in [0.1, 0.15) is 18.2 Å². The molecule has 21 heavy (non-hydrogen) atoms. The fourth-order valence-electron chi connectivity index (χ4n) is 1.83. The van der Waals surface area contributed by atoms with Crippen molar-refractivity contribution in [3.8, 4) is 5.75 Å². The third-order valence-electron chi connectivity index (χ3n) is 3.20. The van der Waals surface area contributed by atoms with Crippen molar-refractivity contribution in [3.63, 3.8) is 0 Å². The van der Waals surface area contributed by atoms with Crippen molar-refractivity contribution >= 4 is 15.9 Å². The molecule has 5 heteroatoms. The largest absolute Gasteiger partial charge is 0.487 e. The first-order valence-electron chi connectivity index (χ1n) is 6.85. The van der Waals surface area contributed by atoms with Crippen LogP contribution >= 0.6 is 15.9 Å². The van der Waals surface area contributed by atoms with E-state index in [0.717, 1.165) is 18.5 Å². The van der Waals surface area contributed by atoms with Crippen LogP contribution in [0.15, 0.2) is 41.0 Å². The minimum Gasteiger partial charge on any atom is -0.487 e. The number of nitrogens with two attached hydrogens (primary N) is 1. The fourth-order valence-corrected chi connectivity index (χ4v) is 2.16. The second kappa shape index (κ2) is 7.52. The van der Waals surface area contributed by atoms with Crippen molar-refractivity contribution < 1.29 is 9.13 Å². The summed E-state index contributed by atoms with van der Waals surface area (Å²) in [5, 5.41) is 0. The Morgan fingerprint density at radius 3 is 2.76 bits per heavy atom. The Hall–Kier alpha value is -1.46. The van der Waals surface area contributed by atoms with Crippen LogP contribution in [0.3, 0.4) is 0 Å². The first-order valence-corrected chi connectivity index (χ1v) is 7.65. The molecule has 1 aromatic carbocycles. The van der Waals surface area contributed by atoms with Crippen LogP contribution in [0, 0.1) is 5.82 Å². The Morgan fingerprint density at radius 1 is 1.33 bits per heavy atom. The zero-order valence-electron chi connectivity index (χ0n) is 11.9. The molecule has 1 aromatic heterocycles. The maximum absolute atomic E-state index is 13.7. The van der Waals surface area contributed by atoms with E-state index in [1.165, 1.54) is 6.07 Å². The van der Waals surface area contributed by atoms with E-state index in [9.17, 15) is 4.39 Å². The Bertz CT molecular complexity index is 589. The van der Waals surface area contributed by atoms with Crippen molar-refractivity contribution in [3.05, 3.63) is 58.1 Å². The van der Waals surface area contributed by atoms with Gasteiger partial charge in [0.15, 0.2) is 0 Å². The maximum Gasteiger partial charge on any atom is 0.138 e. The molecule has 0 aliphatic carbocycles. The molecule has 0 aliphatic heterocycles. The van der Waals surface area contributed by atoms with Crippen molar-refractivity contribution in [1.82, 2.24) is 4.98 Å². The van der Waals surface area contributed by atoms with E-state index in [1.807, 2.05) is 12.1 Å². The Labute approximate surface area is 132 Å². The zero-order chi connectivity index (χ0) is 15.2.